The van der Waals surface area contributed by atoms with Crippen molar-refractivity contribution in [3.05, 3.63) is 53.8 Å². The monoisotopic (exact) mass is 377 g/mol. The summed E-state index contributed by atoms with van der Waals surface area (Å²) in [6, 6.07) is 11.1. The fraction of sp³-hybridized carbons (Fsp3) is 0.263. The fourth-order valence-electron chi connectivity index (χ4n) is 2.09. The number of benzene rings is 2. The Hall–Kier alpha value is -2.54. The van der Waals surface area contributed by atoms with Crippen LogP contribution in [0.3, 0.4) is 0 Å². The molecule has 2 rings (SSSR count). The first kappa shape index (κ1) is 19.8. The molecule has 0 bridgehead atoms. The van der Waals surface area contributed by atoms with Gasteiger partial charge in [-0.25, -0.2) is 9.18 Å². The Balaban J connectivity index is 1.89. The Morgan fingerprint density at radius 3 is 2.54 bits per heavy atom. The smallest absolute Gasteiger partial charge is 0.341 e. The number of hydrogen-bond acceptors (Lipinski definition) is 4. The number of carbonyl (C=O) groups excluding carboxylic acids is 1. The second-order valence-electron chi connectivity index (χ2n) is 5.81. The summed E-state index contributed by atoms with van der Waals surface area (Å²) in [5.41, 5.74) is 1.43. The van der Waals surface area contributed by atoms with Gasteiger partial charge in [0.25, 0.3) is 0 Å². The van der Waals surface area contributed by atoms with Gasteiger partial charge < -0.3 is 15.2 Å². The van der Waals surface area contributed by atoms with Crippen LogP contribution in [-0.4, -0.2) is 29.3 Å². The van der Waals surface area contributed by atoms with Crippen LogP contribution >= 0.6 is 11.8 Å². The van der Waals surface area contributed by atoms with Crippen molar-refractivity contribution in [2.24, 2.45) is 5.92 Å². The minimum absolute atomic E-state index is 0.123. The maximum atomic E-state index is 12.9. The second kappa shape index (κ2) is 9.24. The molecule has 7 heteroatoms. The molecule has 0 spiro atoms. The number of ether oxygens (including phenoxy) is 1. The summed E-state index contributed by atoms with van der Waals surface area (Å²) in [5, 5.41) is 11.5. The van der Waals surface area contributed by atoms with E-state index in [1.807, 2.05) is 6.92 Å². The van der Waals surface area contributed by atoms with Crippen molar-refractivity contribution in [3.63, 3.8) is 0 Å². The number of nitrogens with one attached hydrogen (secondary N) is 1. The molecule has 2 aromatic rings. The molecule has 0 saturated heterocycles. The van der Waals surface area contributed by atoms with Crippen LogP contribution in [0.15, 0.2) is 47.4 Å². The van der Waals surface area contributed by atoms with Crippen molar-refractivity contribution in [3.8, 4) is 5.75 Å². The van der Waals surface area contributed by atoms with E-state index in [1.54, 1.807) is 37.3 Å². The fourth-order valence-corrected chi connectivity index (χ4v) is 3.02. The van der Waals surface area contributed by atoms with E-state index in [4.69, 9.17) is 9.84 Å². The lowest BCUT2D eigenvalue weighted by molar-refractivity contribution is -0.139. The van der Waals surface area contributed by atoms with Crippen molar-refractivity contribution >= 4 is 29.3 Å². The van der Waals surface area contributed by atoms with Crippen LogP contribution in [0.2, 0.25) is 0 Å². The van der Waals surface area contributed by atoms with E-state index in [1.165, 1.54) is 23.9 Å². The summed E-state index contributed by atoms with van der Waals surface area (Å²) in [6.07, 6.45) is 0. The number of amides is 1. The van der Waals surface area contributed by atoms with Gasteiger partial charge in [0.05, 0.1) is 0 Å². The van der Waals surface area contributed by atoms with Gasteiger partial charge in [0.15, 0.2) is 6.61 Å². The summed E-state index contributed by atoms with van der Waals surface area (Å²) < 4.78 is 18.0. The predicted octanol–water partition coefficient (Wildman–Crippen LogP) is 3.96. The average Bonchev–Trinajstić information content (AvgIpc) is 2.61. The van der Waals surface area contributed by atoms with Crippen molar-refractivity contribution in [1.29, 1.82) is 0 Å². The summed E-state index contributed by atoms with van der Waals surface area (Å²) in [4.78, 5) is 23.8. The highest BCUT2D eigenvalue weighted by Gasteiger charge is 2.15. The van der Waals surface area contributed by atoms with Crippen LogP contribution in [0.25, 0.3) is 0 Å². The molecule has 0 aromatic heterocycles. The molecule has 0 aliphatic heterocycles. The molecule has 5 nitrogen and oxygen atoms in total. The number of anilines is 1. The third-order valence-electron chi connectivity index (χ3n) is 3.58. The Morgan fingerprint density at radius 1 is 1.23 bits per heavy atom. The SMILES string of the molecule is Cc1cc(OCC(=O)O)ccc1NC(=O)C(C)CSc1ccc(F)cc1. The summed E-state index contributed by atoms with van der Waals surface area (Å²) in [7, 11) is 0. The van der Waals surface area contributed by atoms with E-state index in [2.05, 4.69) is 5.32 Å². The lowest BCUT2D eigenvalue weighted by atomic mass is 10.1. The van der Waals surface area contributed by atoms with E-state index in [-0.39, 0.29) is 17.6 Å². The van der Waals surface area contributed by atoms with Crippen LogP contribution in [0, 0.1) is 18.7 Å². The molecular formula is C19H20FNO4S. The van der Waals surface area contributed by atoms with Gasteiger partial charge in [-0.3, -0.25) is 4.79 Å². The van der Waals surface area contributed by atoms with Crippen LogP contribution < -0.4 is 10.1 Å². The molecule has 0 aliphatic carbocycles. The Morgan fingerprint density at radius 2 is 1.92 bits per heavy atom. The van der Waals surface area contributed by atoms with Crippen LogP contribution in [-0.2, 0) is 9.59 Å². The molecule has 2 aromatic carbocycles. The summed E-state index contributed by atoms with van der Waals surface area (Å²) >= 11 is 1.49. The Kier molecular flexibility index (Phi) is 7.03. The lowest BCUT2D eigenvalue weighted by Crippen LogP contribution is -2.22. The zero-order valence-corrected chi connectivity index (χ0v) is 15.3. The van der Waals surface area contributed by atoms with Gasteiger partial charge in [-0.15, -0.1) is 11.8 Å². The zero-order chi connectivity index (χ0) is 19.1. The number of halogens is 1. The van der Waals surface area contributed by atoms with E-state index in [0.29, 0.717) is 17.2 Å². The van der Waals surface area contributed by atoms with Crippen molar-refractivity contribution in [2.75, 3.05) is 17.7 Å². The molecule has 1 atom stereocenters. The first-order chi connectivity index (χ1) is 12.3. The minimum Gasteiger partial charge on any atom is -0.482 e. The highest BCUT2D eigenvalue weighted by atomic mass is 32.2. The maximum absolute atomic E-state index is 12.9. The molecule has 0 radical (unpaired) electrons. The molecule has 26 heavy (non-hydrogen) atoms. The predicted molar refractivity (Wildman–Crippen MR) is 99.2 cm³/mol. The zero-order valence-electron chi connectivity index (χ0n) is 14.5. The average molecular weight is 377 g/mol. The van der Waals surface area contributed by atoms with Gasteiger partial charge in [-0.05, 0) is 55.0 Å². The van der Waals surface area contributed by atoms with Gasteiger partial charge >= 0.3 is 5.97 Å². The number of carboxylic acid groups (broad SMARTS) is 1. The molecule has 1 unspecified atom stereocenters. The van der Waals surface area contributed by atoms with E-state index in [0.717, 1.165) is 10.5 Å². The normalized spacial score (nSPS) is 11.7. The number of hydrogen-bond donors (Lipinski definition) is 2. The molecule has 0 aliphatic rings. The molecule has 0 fully saturated rings. The number of thioether (sulfide) groups is 1. The third kappa shape index (κ3) is 6.07. The lowest BCUT2D eigenvalue weighted by Gasteiger charge is -2.14. The molecule has 0 saturated carbocycles. The minimum atomic E-state index is -1.05. The molecule has 2 N–H and O–H groups in total. The van der Waals surface area contributed by atoms with E-state index < -0.39 is 12.6 Å². The van der Waals surface area contributed by atoms with Crippen molar-refractivity contribution in [1.82, 2.24) is 0 Å². The van der Waals surface area contributed by atoms with Gasteiger partial charge in [0, 0.05) is 22.3 Å². The first-order valence-corrected chi connectivity index (χ1v) is 8.98. The maximum Gasteiger partial charge on any atom is 0.341 e. The van der Waals surface area contributed by atoms with Crippen LogP contribution in [0.1, 0.15) is 12.5 Å². The molecular weight excluding hydrogens is 357 g/mol. The van der Waals surface area contributed by atoms with Gasteiger partial charge in [0.1, 0.15) is 11.6 Å². The van der Waals surface area contributed by atoms with Crippen molar-refractivity contribution < 1.29 is 23.8 Å². The molecule has 0 heterocycles. The largest absolute Gasteiger partial charge is 0.482 e. The van der Waals surface area contributed by atoms with Gasteiger partial charge in [-0.1, -0.05) is 6.92 Å². The van der Waals surface area contributed by atoms with Gasteiger partial charge in [-0.2, -0.15) is 0 Å². The van der Waals surface area contributed by atoms with Crippen molar-refractivity contribution in [2.45, 2.75) is 18.7 Å². The number of aryl methyl sites for hydroxylation is 1. The van der Waals surface area contributed by atoms with Crippen LogP contribution in [0.5, 0.6) is 5.75 Å². The standard InChI is InChI=1S/C19H20FNO4S/c1-12-9-15(25-10-18(22)23)5-8-17(12)21-19(24)13(2)11-26-16-6-3-14(20)4-7-16/h3-9,13H,10-11H2,1-2H3,(H,21,24)(H,22,23). The molecule has 138 valence electrons. The number of rotatable bonds is 8. The second-order valence-corrected chi connectivity index (χ2v) is 6.91. The first-order valence-electron chi connectivity index (χ1n) is 7.99. The number of carboxylic acids is 1. The van der Waals surface area contributed by atoms with E-state index >= 15 is 0 Å². The number of carbonyl (C=O) groups is 2. The van der Waals surface area contributed by atoms with E-state index in [9.17, 15) is 14.0 Å². The number of aliphatic carboxylic acids is 1. The highest BCUT2D eigenvalue weighted by Crippen LogP contribution is 2.24. The summed E-state index contributed by atoms with van der Waals surface area (Å²) in [5.74, 6) is -0.702. The Labute approximate surface area is 155 Å². The topological polar surface area (TPSA) is 75.6 Å². The summed E-state index contributed by atoms with van der Waals surface area (Å²) in [6.45, 7) is 3.22. The van der Waals surface area contributed by atoms with Gasteiger partial charge in [0.2, 0.25) is 5.91 Å². The third-order valence-corrected chi connectivity index (χ3v) is 4.85. The highest BCUT2D eigenvalue weighted by molar-refractivity contribution is 7.99. The quantitative estimate of drug-likeness (QED) is 0.681. The Bertz CT molecular complexity index is 780. The molecule has 1 amide bonds. The van der Waals surface area contributed by atoms with Crippen LogP contribution in [0.4, 0.5) is 10.1 Å².